The first kappa shape index (κ1) is 19.5. The fourth-order valence-electron chi connectivity index (χ4n) is 1.11. The smallest absolute Gasteiger partial charge is 0.505 e. The molecule has 0 radical (unpaired) electrons. The van der Waals surface area contributed by atoms with Gasteiger partial charge in [0.1, 0.15) is 10.0 Å². The second-order valence-corrected chi connectivity index (χ2v) is 5.27. The van der Waals surface area contributed by atoms with Crippen LogP contribution >= 0.6 is 58.0 Å². The van der Waals surface area contributed by atoms with Gasteiger partial charge in [0.25, 0.3) is 0 Å². The number of aromatic hydroxyl groups is 1. The molecule has 98 valence electrons. The molecular weight excluding hydrogens is 344 g/mol. The first-order valence-electron chi connectivity index (χ1n) is 4.80. The molecule has 19 heavy (non-hydrogen) atoms. The molecule has 0 amide bonds. The SMILES string of the molecule is CC1=[C-]CC=C1.Oc1c(Cl)c(Cl)c(Cl)c(Cl)c1Cl.[Li+]. The van der Waals surface area contributed by atoms with Gasteiger partial charge in [-0.15, -0.1) is 6.42 Å². The number of allylic oxidation sites excluding steroid dienone is 4. The van der Waals surface area contributed by atoms with Gasteiger partial charge in [0.2, 0.25) is 0 Å². The zero-order valence-corrected chi connectivity index (χ0v) is 14.0. The molecule has 1 aromatic carbocycles. The minimum Gasteiger partial charge on any atom is -0.505 e. The molecule has 1 aliphatic rings. The topological polar surface area (TPSA) is 20.2 Å². The van der Waals surface area contributed by atoms with Gasteiger partial charge in [-0.25, -0.2) is 11.6 Å². The summed E-state index contributed by atoms with van der Waals surface area (Å²) in [4.78, 5) is 0. The van der Waals surface area contributed by atoms with Crippen LogP contribution in [0, 0.1) is 6.08 Å². The van der Waals surface area contributed by atoms with Gasteiger partial charge in [-0.2, -0.15) is 6.08 Å². The summed E-state index contributed by atoms with van der Waals surface area (Å²) in [6, 6.07) is 0. The van der Waals surface area contributed by atoms with E-state index in [9.17, 15) is 5.11 Å². The third kappa shape index (κ3) is 5.10. The number of halogens is 5. The first-order chi connectivity index (χ1) is 8.36. The number of hydrogen-bond acceptors (Lipinski definition) is 1. The number of hydrogen-bond donors (Lipinski definition) is 1. The van der Waals surface area contributed by atoms with Crippen molar-refractivity contribution in [2.24, 2.45) is 0 Å². The van der Waals surface area contributed by atoms with E-state index in [4.69, 9.17) is 58.0 Å². The summed E-state index contributed by atoms with van der Waals surface area (Å²) in [5.74, 6) is -0.363. The normalized spacial score (nSPS) is 12.4. The Morgan fingerprint density at radius 1 is 0.947 bits per heavy atom. The average Bonchev–Trinajstić information content (AvgIpc) is 2.83. The van der Waals surface area contributed by atoms with Crippen molar-refractivity contribution in [3.8, 4) is 5.75 Å². The minimum atomic E-state index is -0.363. The molecule has 0 atom stereocenters. The van der Waals surface area contributed by atoms with Crippen molar-refractivity contribution in [2.45, 2.75) is 13.3 Å². The van der Waals surface area contributed by atoms with Crippen molar-refractivity contribution in [3.05, 3.63) is 48.9 Å². The zero-order valence-electron chi connectivity index (χ0n) is 10.2. The van der Waals surface area contributed by atoms with Gasteiger partial charge in [0, 0.05) is 0 Å². The summed E-state index contributed by atoms with van der Waals surface area (Å²) < 4.78 is 0. The van der Waals surface area contributed by atoms with Crippen LogP contribution < -0.4 is 18.9 Å². The van der Waals surface area contributed by atoms with Gasteiger partial charge in [0.05, 0.1) is 15.1 Å². The van der Waals surface area contributed by atoms with E-state index in [2.05, 4.69) is 25.2 Å². The zero-order chi connectivity index (χ0) is 13.9. The van der Waals surface area contributed by atoms with Gasteiger partial charge < -0.3 is 5.11 Å². The monoisotopic (exact) mass is 350 g/mol. The van der Waals surface area contributed by atoms with Crippen molar-refractivity contribution in [1.82, 2.24) is 0 Å². The molecule has 0 spiro atoms. The van der Waals surface area contributed by atoms with Crippen LogP contribution in [0.1, 0.15) is 13.3 Å². The summed E-state index contributed by atoms with van der Waals surface area (Å²) in [6.45, 7) is 2.06. The molecule has 2 rings (SSSR count). The largest absolute Gasteiger partial charge is 1.00 e. The quantitative estimate of drug-likeness (QED) is 0.329. The fraction of sp³-hybridized carbons (Fsp3) is 0.167. The van der Waals surface area contributed by atoms with Crippen molar-refractivity contribution < 1.29 is 24.0 Å². The van der Waals surface area contributed by atoms with E-state index in [1.807, 2.05) is 0 Å². The number of benzene rings is 1. The molecule has 7 heteroatoms. The summed E-state index contributed by atoms with van der Waals surface area (Å²) in [5.41, 5.74) is 1.27. The van der Waals surface area contributed by atoms with E-state index in [0.717, 1.165) is 6.42 Å². The van der Waals surface area contributed by atoms with E-state index in [1.165, 1.54) is 5.57 Å². The first-order valence-corrected chi connectivity index (χ1v) is 6.69. The van der Waals surface area contributed by atoms with Crippen molar-refractivity contribution in [1.29, 1.82) is 0 Å². The molecule has 0 aromatic heterocycles. The van der Waals surface area contributed by atoms with Crippen LogP contribution in [0.5, 0.6) is 5.75 Å². The van der Waals surface area contributed by atoms with Crippen LogP contribution in [0.2, 0.25) is 25.1 Å². The average molecular weight is 352 g/mol. The minimum absolute atomic E-state index is 0. The predicted octanol–water partition coefficient (Wildman–Crippen LogP) is 3.36. The maximum absolute atomic E-state index is 9.20. The van der Waals surface area contributed by atoms with Crippen molar-refractivity contribution in [3.63, 3.8) is 0 Å². The summed E-state index contributed by atoms with van der Waals surface area (Å²) >= 11 is 27.9. The summed E-state index contributed by atoms with van der Waals surface area (Å²) in [6.07, 6.45) is 8.33. The van der Waals surface area contributed by atoms with Gasteiger partial charge in [-0.05, 0) is 0 Å². The molecule has 0 bridgehead atoms. The second-order valence-electron chi connectivity index (χ2n) is 3.38. The number of phenolic OH excluding ortho intramolecular Hbond substituents is 1. The third-order valence-corrected chi connectivity index (χ3v) is 4.31. The maximum Gasteiger partial charge on any atom is 1.00 e. The van der Waals surface area contributed by atoms with E-state index >= 15 is 0 Å². The summed E-state index contributed by atoms with van der Waals surface area (Å²) in [5, 5.41) is 9.01. The molecule has 0 fully saturated rings. The molecule has 0 saturated carbocycles. The number of phenols is 1. The van der Waals surface area contributed by atoms with Crippen LogP contribution in [0.15, 0.2) is 17.7 Å². The Hall–Kier alpha value is 0.547. The van der Waals surface area contributed by atoms with Crippen LogP contribution in [0.3, 0.4) is 0 Å². The van der Waals surface area contributed by atoms with Crippen LogP contribution in [-0.4, -0.2) is 5.11 Å². The molecule has 1 aromatic rings. The Kier molecular flexibility index (Phi) is 9.00. The molecular formula is C12H8Cl5LiO. The Bertz CT molecular complexity index is 418. The van der Waals surface area contributed by atoms with Gasteiger partial charge in [-0.3, -0.25) is 6.08 Å². The Morgan fingerprint density at radius 2 is 1.37 bits per heavy atom. The van der Waals surface area contributed by atoms with E-state index in [1.54, 1.807) is 0 Å². The Balaban J connectivity index is 0.000000392. The number of rotatable bonds is 0. The standard InChI is InChI=1S/C6HCl5O.C6H7.Li/c7-1-2(8)4(10)6(12)5(11)3(1)9;1-6-4-2-3-5-6;/h12H;2,4H,3H2,1H3;/q;-1;+1. The molecule has 1 aliphatic carbocycles. The van der Waals surface area contributed by atoms with E-state index in [-0.39, 0.29) is 49.7 Å². The van der Waals surface area contributed by atoms with E-state index < -0.39 is 0 Å². The maximum atomic E-state index is 9.20. The van der Waals surface area contributed by atoms with Crippen molar-refractivity contribution >= 4 is 58.0 Å². The van der Waals surface area contributed by atoms with Gasteiger partial charge in [-0.1, -0.05) is 64.9 Å². The fourth-order valence-corrected chi connectivity index (χ4v) is 2.24. The van der Waals surface area contributed by atoms with Crippen LogP contribution in [-0.2, 0) is 0 Å². The van der Waals surface area contributed by atoms with Crippen LogP contribution in [0.4, 0.5) is 0 Å². The third-order valence-electron chi connectivity index (χ3n) is 2.05. The molecule has 1 N–H and O–H groups in total. The molecule has 0 saturated heterocycles. The Labute approximate surface area is 149 Å². The van der Waals surface area contributed by atoms with E-state index in [0.29, 0.717) is 0 Å². The molecule has 0 aliphatic heterocycles. The van der Waals surface area contributed by atoms with Crippen molar-refractivity contribution in [2.75, 3.05) is 0 Å². The van der Waals surface area contributed by atoms with Gasteiger partial charge >= 0.3 is 18.9 Å². The predicted molar refractivity (Wildman–Crippen MR) is 79.3 cm³/mol. The molecule has 1 nitrogen and oxygen atoms in total. The molecule has 0 heterocycles. The van der Waals surface area contributed by atoms with Gasteiger partial charge in [0.15, 0.2) is 5.75 Å². The Morgan fingerprint density at radius 3 is 1.63 bits per heavy atom. The summed E-state index contributed by atoms with van der Waals surface area (Å²) in [7, 11) is 0. The van der Waals surface area contributed by atoms with Crippen LogP contribution in [0.25, 0.3) is 0 Å². The second kappa shape index (κ2) is 8.75. The molecule has 0 unspecified atom stereocenters.